The first-order valence-corrected chi connectivity index (χ1v) is 8.04. The first-order chi connectivity index (χ1) is 9.90. The third kappa shape index (κ3) is 3.66. The molecule has 5 heteroatoms. The largest absolute Gasteiger partial charge is 0.456 e. The van der Waals surface area contributed by atoms with Crippen LogP contribution in [0.15, 0.2) is 45.3 Å². The number of rotatable bonds is 4. The molecular weight excluding hydrogens is 398 g/mol. The molecule has 2 N–H and O–H groups in total. The van der Waals surface area contributed by atoms with Crippen molar-refractivity contribution >= 4 is 37.8 Å². The van der Waals surface area contributed by atoms with Crippen LogP contribution in [0.1, 0.15) is 35.7 Å². The minimum atomic E-state index is -0.527. The summed E-state index contributed by atoms with van der Waals surface area (Å²) in [4.78, 5) is 11.6. The van der Waals surface area contributed by atoms with Crippen molar-refractivity contribution in [3.63, 3.8) is 0 Å². The second kappa shape index (κ2) is 6.62. The van der Waals surface area contributed by atoms with E-state index in [0.29, 0.717) is 27.5 Å². The molecule has 0 unspecified atom stereocenters. The maximum Gasteiger partial charge on any atom is 0.253 e. The van der Waals surface area contributed by atoms with Crippen molar-refractivity contribution in [3.05, 3.63) is 56.5 Å². The first-order valence-electron chi connectivity index (χ1n) is 6.45. The lowest BCUT2D eigenvalue weighted by Gasteiger charge is -2.16. The molecule has 0 saturated carbocycles. The Bertz CT molecular complexity index is 684. The zero-order valence-electron chi connectivity index (χ0n) is 11.7. The summed E-state index contributed by atoms with van der Waals surface area (Å²) in [5.41, 5.74) is 6.83. The molecule has 0 radical (unpaired) electrons. The smallest absolute Gasteiger partial charge is 0.253 e. The summed E-state index contributed by atoms with van der Waals surface area (Å²) >= 11 is 6.79. The molecule has 0 fully saturated rings. The normalized spacial score (nSPS) is 10.7. The summed E-state index contributed by atoms with van der Waals surface area (Å²) in [7, 11) is 0. The maximum atomic E-state index is 11.6. The van der Waals surface area contributed by atoms with Crippen molar-refractivity contribution in [1.82, 2.24) is 0 Å². The fourth-order valence-corrected chi connectivity index (χ4v) is 2.93. The van der Waals surface area contributed by atoms with Crippen LogP contribution in [-0.4, -0.2) is 5.91 Å². The Kier molecular flexibility index (Phi) is 5.06. The summed E-state index contributed by atoms with van der Waals surface area (Å²) in [5, 5.41) is 0. The number of halogens is 2. The molecule has 2 aromatic rings. The standard InChI is InChI=1S/C16H15Br2NO2/c1-9(2)11-8-10(17)6-7-13(11)21-14-5-3-4-12(18)15(14)16(19)20/h3-9H,1-2H3,(H2,19,20). The van der Waals surface area contributed by atoms with E-state index >= 15 is 0 Å². The van der Waals surface area contributed by atoms with Gasteiger partial charge in [0.25, 0.3) is 5.91 Å². The minimum Gasteiger partial charge on any atom is -0.456 e. The van der Waals surface area contributed by atoms with Gasteiger partial charge in [0, 0.05) is 8.95 Å². The van der Waals surface area contributed by atoms with Gasteiger partial charge in [-0.3, -0.25) is 4.79 Å². The topological polar surface area (TPSA) is 52.3 Å². The van der Waals surface area contributed by atoms with E-state index in [-0.39, 0.29) is 0 Å². The molecule has 0 aliphatic heterocycles. The van der Waals surface area contributed by atoms with Crippen molar-refractivity contribution in [2.75, 3.05) is 0 Å². The number of amides is 1. The van der Waals surface area contributed by atoms with Crippen LogP contribution in [0.4, 0.5) is 0 Å². The zero-order chi connectivity index (χ0) is 15.6. The monoisotopic (exact) mass is 411 g/mol. The lowest BCUT2D eigenvalue weighted by atomic mass is 10.0. The maximum absolute atomic E-state index is 11.6. The van der Waals surface area contributed by atoms with Gasteiger partial charge in [0.05, 0.1) is 5.56 Å². The quantitative estimate of drug-likeness (QED) is 0.747. The Balaban J connectivity index is 2.49. The van der Waals surface area contributed by atoms with Crippen molar-refractivity contribution in [3.8, 4) is 11.5 Å². The molecule has 21 heavy (non-hydrogen) atoms. The van der Waals surface area contributed by atoms with Gasteiger partial charge in [-0.2, -0.15) is 0 Å². The summed E-state index contributed by atoms with van der Waals surface area (Å²) in [6, 6.07) is 11.1. The molecule has 0 aromatic heterocycles. The van der Waals surface area contributed by atoms with Crippen molar-refractivity contribution in [2.24, 2.45) is 5.73 Å². The number of hydrogen-bond donors (Lipinski definition) is 1. The Labute approximate surface area is 140 Å². The van der Waals surface area contributed by atoms with E-state index in [1.165, 1.54) is 0 Å². The average Bonchev–Trinajstić information content (AvgIpc) is 2.40. The Morgan fingerprint density at radius 2 is 1.86 bits per heavy atom. The molecule has 3 nitrogen and oxygen atoms in total. The number of primary amides is 1. The van der Waals surface area contributed by atoms with Gasteiger partial charge in [-0.1, -0.05) is 35.8 Å². The molecule has 0 aliphatic rings. The lowest BCUT2D eigenvalue weighted by molar-refractivity contribution is 0.0997. The van der Waals surface area contributed by atoms with Crippen LogP contribution in [0.25, 0.3) is 0 Å². The number of carbonyl (C=O) groups is 1. The van der Waals surface area contributed by atoms with E-state index in [0.717, 1.165) is 10.0 Å². The number of ether oxygens (including phenoxy) is 1. The van der Waals surface area contributed by atoms with Gasteiger partial charge in [-0.05, 0) is 57.7 Å². The Morgan fingerprint density at radius 3 is 2.48 bits per heavy atom. The Morgan fingerprint density at radius 1 is 1.14 bits per heavy atom. The molecule has 110 valence electrons. The number of hydrogen-bond acceptors (Lipinski definition) is 2. The molecule has 0 heterocycles. The molecule has 0 atom stereocenters. The van der Waals surface area contributed by atoms with Crippen molar-refractivity contribution in [1.29, 1.82) is 0 Å². The molecule has 0 spiro atoms. The van der Waals surface area contributed by atoms with E-state index in [4.69, 9.17) is 10.5 Å². The van der Waals surface area contributed by atoms with Crippen molar-refractivity contribution < 1.29 is 9.53 Å². The molecule has 2 aromatic carbocycles. The summed E-state index contributed by atoms with van der Waals surface area (Å²) < 4.78 is 7.56. The van der Waals surface area contributed by atoms with Gasteiger partial charge in [0.2, 0.25) is 0 Å². The van der Waals surface area contributed by atoms with Gasteiger partial charge >= 0.3 is 0 Å². The molecule has 0 saturated heterocycles. The third-order valence-corrected chi connectivity index (χ3v) is 4.19. The van der Waals surface area contributed by atoms with Crippen LogP contribution in [0.3, 0.4) is 0 Å². The van der Waals surface area contributed by atoms with Gasteiger partial charge < -0.3 is 10.5 Å². The van der Waals surface area contributed by atoms with Gasteiger partial charge in [0.15, 0.2) is 0 Å². The van der Waals surface area contributed by atoms with E-state index < -0.39 is 5.91 Å². The first kappa shape index (κ1) is 16.0. The fraction of sp³-hybridized carbons (Fsp3) is 0.188. The minimum absolute atomic E-state index is 0.293. The van der Waals surface area contributed by atoms with E-state index in [1.54, 1.807) is 18.2 Å². The van der Waals surface area contributed by atoms with Gasteiger partial charge in [0.1, 0.15) is 11.5 Å². The third-order valence-electron chi connectivity index (χ3n) is 3.04. The summed E-state index contributed by atoms with van der Waals surface area (Å²) in [6.07, 6.45) is 0. The van der Waals surface area contributed by atoms with E-state index in [1.807, 2.05) is 18.2 Å². The van der Waals surface area contributed by atoms with Crippen molar-refractivity contribution in [2.45, 2.75) is 19.8 Å². The molecule has 2 rings (SSSR count). The van der Waals surface area contributed by atoms with Crippen LogP contribution in [0.2, 0.25) is 0 Å². The summed E-state index contributed by atoms with van der Waals surface area (Å²) in [6.45, 7) is 4.18. The second-order valence-electron chi connectivity index (χ2n) is 4.92. The molecule has 0 aliphatic carbocycles. The van der Waals surface area contributed by atoms with Gasteiger partial charge in [-0.15, -0.1) is 0 Å². The van der Waals surface area contributed by atoms with Crippen LogP contribution in [0.5, 0.6) is 11.5 Å². The highest BCUT2D eigenvalue weighted by molar-refractivity contribution is 9.10. The fourth-order valence-electron chi connectivity index (χ4n) is 2.01. The zero-order valence-corrected chi connectivity index (χ0v) is 14.9. The second-order valence-corrected chi connectivity index (χ2v) is 6.69. The SMILES string of the molecule is CC(C)c1cc(Br)ccc1Oc1cccc(Br)c1C(N)=O. The lowest BCUT2D eigenvalue weighted by Crippen LogP contribution is -2.13. The number of nitrogens with two attached hydrogens (primary N) is 1. The van der Waals surface area contributed by atoms with Gasteiger partial charge in [-0.25, -0.2) is 0 Å². The van der Waals surface area contributed by atoms with E-state index in [2.05, 4.69) is 45.7 Å². The van der Waals surface area contributed by atoms with Crippen LogP contribution < -0.4 is 10.5 Å². The van der Waals surface area contributed by atoms with Crippen LogP contribution in [-0.2, 0) is 0 Å². The number of benzene rings is 2. The predicted molar refractivity (Wildman–Crippen MR) is 91.0 cm³/mol. The highest BCUT2D eigenvalue weighted by Crippen LogP contribution is 2.35. The van der Waals surface area contributed by atoms with Crippen LogP contribution >= 0.6 is 31.9 Å². The average molecular weight is 413 g/mol. The number of carbonyl (C=O) groups excluding carboxylic acids is 1. The summed E-state index contributed by atoms with van der Waals surface area (Å²) in [5.74, 6) is 0.928. The highest BCUT2D eigenvalue weighted by atomic mass is 79.9. The molecule has 0 bridgehead atoms. The highest BCUT2D eigenvalue weighted by Gasteiger charge is 2.16. The van der Waals surface area contributed by atoms with Crippen LogP contribution in [0, 0.1) is 0 Å². The van der Waals surface area contributed by atoms with E-state index in [9.17, 15) is 4.79 Å². The molecule has 1 amide bonds. The Hall–Kier alpha value is -1.33. The molecular formula is C16H15Br2NO2. The predicted octanol–water partition coefficient (Wildman–Crippen LogP) is 5.23.